The second-order valence-electron chi connectivity index (χ2n) is 5.17. The van der Waals surface area contributed by atoms with Crippen LogP contribution in [0.3, 0.4) is 0 Å². The lowest BCUT2D eigenvalue weighted by Gasteiger charge is -2.23. The van der Waals surface area contributed by atoms with Gasteiger partial charge in [-0.25, -0.2) is 8.42 Å². The Balaban J connectivity index is 2.65. The highest BCUT2D eigenvalue weighted by Crippen LogP contribution is 2.32. The largest absolute Gasteiger partial charge is 0.465 e. The first-order valence-corrected chi connectivity index (χ1v) is 9.74. The van der Waals surface area contributed by atoms with Gasteiger partial charge < -0.3 is 4.74 Å². The van der Waals surface area contributed by atoms with Crippen molar-refractivity contribution in [3.8, 4) is 0 Å². The lowest BCUT2D eigenvalue weighted by molar-refractivity contribution is -0.387. The number of carbonyl (C=O) groups is 1. The number of benzene rings is 2. The van der Waals surface area contributed by atoms with Crippen molar-refractivity contribution in [2.75, 3.05) is 17.5 Å². The standard InChI is InChI=1S/C16H14Cl2N2O6S/c1-2-26-16(21)10-19(13-8-11(17)7-12(18)9-13)27(24,25)15-6-4-3-5-14(15)20(22)23/h3-9H,2,10H2,1H3. The van der Waals surface area contributed by atoms with Crippen molar-refractivity contribution in [3.63, 3.8) is 0 Å². The predicted octanol–water partition coefficient (Wildman–Crippen LogP) is 3.66. The van der Waals surface area contributed by atoms with E-state index in [0.29, 0.717) is 4.31 Å². The zero-order chi connectivity index (χ0) is 20.2. The van der Waals surface area contributed by atoms with Gasteiger partial charge >= 0.3 is 5.97 Å². The molecule has 0 saturated heterocycles. The molecular weight excluding hydrogens is 419 g/mol. The van der Waals surface area contributed by atoms with Crippen molar-refractivity contribution < 1.29 is 22.9 Å². The number of nitro benzene ring substituents is 1. The molecule has 2 aromatic rings. The number of halogens is 2. The van der Waals surface area contributed by atoms with Gasteiger partial charge in [0.2, 0.25) is 0 Å². The highest BCUT2D eigenvalue weighted by molar-refractivity contribution is 7.93. The van der Waals surface area contributed by atoms with Crippen molar-refractivity contribution in [3.05, 3.63) is 62.6 Å². The first kappa shape index (κ1) is 20.9. The van der Waals surface area contributed by atoms with E-state index >= 15 is 0 Å². The van der Waals surface area contributed by atoms with Crippen LogP contribution in [0.15, 0.2) is 47.4 Å². The highest BCUT2D eigenvalue weighted by Gasteiger charge is 2.33. The summed E-state index contributed by atoms with van der Waals surface area (Å²) in [6, 6.07) is 8.75. The smallest absolute Gasteiger partial charge is 0.326 e. The Morgan fingerprint density at radius 2 is 1.78 bits per heavy atom. The fraction of sp³-hybridized carbons (Fsp3) is 0.188. The normalized spacial score (nSPS) is 11.1. The number of esters is 1. The van der Waals surface area contributed by atoms with E-state index in [4.69, 9.17) is 27.9 Å². The van der Waals surface area contributed by atoms with Crippen LogP contribution < -0.4 is 4.31 Å². The van der Waals surface area contributed by atoms with E-state index in [1.54, 1.807) is 6.92 Å². The van der Waals surface area contributed by atoms with Gasteiger partial charge in [0.1, 0.15) is 6.54 Å². The van der Waals surface area contributed by atoms with Crippen LogP contribution in [-0.4, -0.2) is 32.5 Å². The molecule has 0 spiro atoms. The van der Waals surface area contributed by atoms with Crippen molar-refractivity contribution in [2.24, 2.45) is 0 Å². The minimum absolute atomic E-state index is 0.0290. The predicted molar refractivity (Wildman–Crippen MR) is 101 cm³/mol. The maximum atomic E-state index is 13.1. The van der Waals surface area contributed by atoms with Crippen molar-refractivity contribution in [2.45, 2.75) is 11.8 Å². The van der Waals surface area contributed by atoms with E-state index in [9.17, 15) is 23.3 Å². The van der Waals surface area contributed by atoms with Crippen molar-refractivity contribution in [1.82, 2.24) is 0 Å². The maximum absolute atomic E-state index is 13.1. The number of ether oxygens (including phenoxy) is 1. The average Bonchev–Trinajstić information content (AvgIpc) is 2.59. The number of hydrogen-bond donors (Lipinski definition) is 0. The van der Waals surface area contributed by atoms with Crippen molar-refractivity contribution in [1.29, 1.82) is 0 Å². The third-order valence-corrected chi connectivity index (χ3v) is 5.60. The molecule has 0 saturated carbocycles. The van der Waals surface area contributed by atoms with Crippen LogP contribution in [0, 0.1) is 10.1 Å². The van der Waals surface area contributed by atoms with Crippen LogP contribution in [-0.2, 0) is 19.6 Å². The summed E-state index contributed by atoms with van der Waals surface area (Å²) in [6.45, 7) is 0.891. The van der Waals surface area contributed by atoms with Crippen LogP contribution in [0.25, 0.3) is 0 Å². The SMILES string of the molecule is CCOC(=O)CN(c1cc(Cl)cc(Cl)c1)S(=O)(=O)c1ccccc1[N+](=O)[O-]. The van der Waals surface area contributed by atoms with Gasteiger partial charge in [-0.2, -0.15) is 0 Å². The summed E-state index contributed by atoms with van der Waals surface area (Å²) in [6.07, 6.45) is 0. The second kappa shape index (κ2) is 8.55. The lowest BCUT2D eigenvalue weighted by Crippen LogP contribution is -2.37. The summed E-state index contributed by atoms with van der Waals surface area (Å²) >= 11 is 11.9. The molecule has 0 aliphatic rings. The number of carbonyl (C=O) groups excluding carboxylic acids is 1. The Morgan fingerprint density at radius 3 is 2.33 bits per heavy atom. The Hall–Kier alpha value is -2.36. The molecule has 0 N–H and O–H groups in total. The Morgan fingerprint density at radius 1 is 1.19 bits per heavy atom. The van der Waals surface area contributed by atoms with Gasteiger partial charge in [0.25, 0.3) is 15.7 Å². The molecule has 0 fully saturated rings. The minimum Gasteiger partial charge on any atom is -0.465 e. The topological polar surface area (TPSA) is 107 Å². The highest BCUT2D eigenvalue weighted by atomic mass is 35.5. The van der Waals surface area contributed by atoms with E-state index in [1.165, 1.54) is 30.3 Å². The van der Waals surface area contributed by atoms with Gasteiger partial charge in [-0.05, 0) is 31.2 Å². The fourth-order valence-corrected chi connectivity index (χ4v) is 4.33. The first-order valence-electron chi connectivity index (χ1n) is 7.54. The molecule has 8 nitrogen and oxygen atoms in total. The number of nitro groups is 1. The summed E-state index contributed by atoms with van der Waals surface area (Å²) in [7, 11) is -4.50. The molecule has 0 heterocycles. The number of hydrogen-bond acceptors (Lipinski definition) is 6. The Labute approximate surface area is 165 Å². The van der Waals surface area contributed by atoms with Gasteiger partial charge in [-0.3, -0.25) is 19.2 Å². The molecule has 2 aromatic carbocycles. The third-order valence-electron chi connectivity index (χ3n) is 3.34. The van der Waals surface area contributed by atoms with Gasteiger partial charge in [0, 0.05) is 16.1 Å². The van der Waals surface area contributed by atoms with E-state index in [0.717, 1.165) is 12.1 Å². The molecule has 0 aliphatic carbocycles. The van der Waals surface area contributed by atoms with E-state index < -0.39 is 38.0 Å². The van der Waals surface area contributed by atoms with Gasteiger partial charge in [0.15, 0.2) is 4.90 Å². The zero-order valence-corrected chi connectivity index (χ0v) is 16.3. The fourth-order valence-electron chi connectivity index (χ4n) is 2.27. The zero-order valence-electron chi connectivity index (χ0n) is 14.0. The maximum Gasteiger partial charge on any atom is 0.326 e. The number of rotatable bonds is 7. The van der Waals surface area contributed by atoms with Crippen LogP contribution in [0.1, 0.15) is 6.92 Å². The average molecular weight is 433 g/mol. The molecule has 0 aliphatic heterocycles. The quantitative estimate of drug-likeness (QED) is 0.375. The van der Waals surface area contributed by atoms with E-state index in [1.807, 2.05) is 0 Å². The van der Waals surface area contributed by atoms with Crippen LogP contribution in [0.4, 0.5) is 11.4 Å². The van der Waals surface area contributed by atoms with Crippen LogP contribution >= 0.6 is 23.2 Å². The van der Waals surface area contributed by atoms with Gasteiger partial charge in [-0.1, -0.05) is 35.3 Å². The Kier molecular flexibility index (Phi) is 6.63. The van der Waals surface area contributed by atoms with Gasteiger partial charge in [0.05, 0.1) is 17.2 Å². The summed E-state index contributed by atoms with van der Waals surface area (Å²) in [5.41, 5.74) is -0.654. The lowest BCUT2D eigenvalue weighted by atomic mass is 10.3. The molecular formula is C16H14Cl2N2O6S. The summed E-state index contributed by atoms with van der Waals surface area (Å²) in [4.78, 5) is 21.8. The molecule has 11 heteroatoms. The molecule has 0 amide bonds. The number of sulfonamides is 1. The molecule has 0 unspecified atom stereocenters. The van der Waals surface area contributed by atoms with E-state index in [-0.39, 0.29) is 22.3 Å². The molecule has 144 valence electrons. The number of anilines is 1. The molecule has 0 aromatic heterocycles. The van der Waals surface area contributed by atoms with Crippen LogP contribution in [0.5, 0.6) is 0 Å². The summed E-state index contributed by atoms with van der Waals surface area (Å²) < 4.78 is 31.8. The van der Waals surface area contributed by atoms with Crippen molar-refractivity contribution >= 4 is 50.6 Å². The number of para-hydroxylation sites is 1. The summed E-state index contributed by atoms with van der Waals surface area (Å²) in [5.74, 6) is -0.837. The Bertz CT molecular complexity index is 960. The molecule has 0 bridgehead atoms. The summed E-state index contributed by atoms with van der Waals surface area (Å²) in [5, 5.41) is 11.5. The third kappa shape index (κ3) is 4.88. The molecule has 27 heavy (non-hydrogen) atoms. The number of nitrogens with zero attached hydrogens (tertiary/aromatic N) is 2. The first-order chi connectivity index (χ1) is 12.7. The molecule has 0 atom stereocenters. The minimum atomic E-state index is -4.50. The molecule has 0 radical (unpaired) electrons. The van der Waals surface area contributed by atoms with E-state index in [2.05, 4.69) is 0 Å². The second-order valence-corrected chi connectivity index (χ2v) is 7.87. The monoisotopic (exact) mass is 432 g/mol. The van der Waals surface area contributed by atoms with Crippen LogP contribution in [0.2, 0.25) is 10.0 Å². The van der Waals surface area contributed by atoms with Gasteiger partial charge in [-0.15, -0.1) is 0 Å². The molecule has 2 rings (SSSR count).